The zero-order chi connectivity index (χ0) is 12.9. The number of ether oxygens (including phenoxy) is 1. The third-order valence-corrected chi connectivity index (χ3v) is 3.67. The SMILES string of the molecule is c1ccc2c(OCCC3CCCNC3)ncnc2c1. The number of para-hydroxylation sites is 1. The van der Waals surface area contributed by atoms with Crippen molar-refractivity contribution in [1.82, 2.24) is 15.3 Å². The first-order chi connectivity index (χ1) is 9.43. The Morgan fingerprint density at radius 3 is 3.11 bits per heavy atom. The van der Waals surface area contributed by atoms with Crippen molar-refractivity contribution in [3.63, 3.8) is 0 Å². The first kappa shape index (κ1) is 12.4. The van der Waals surface area contributed by atoms with E-state index < -0.39 is 0 Å². The maximum atomic E-state index is 5.84. The molecular formula is C15H19N3O. The number of benzene rings is 1. The summed E-state index contributed by atoms with van der Waals surface area (Å²) in [7, 11) is 0. The van der Waals surface area contributed by atoms with Crippen molar-refractivity contribution in [2.24, 2.45) is 5.92 Å². The number of fused-ring (bicyclic) bond motifs is 1. The molecule has 4 nitrogen and oxygen atoms in total. The molecule has 0 amide bonds. The topological polar surface area (TPSA) is 47.0 Å². The lowest BCUT2D eigenvalue weighted by molar-refractivity contribution is 0.249. The molecule has 1 N–H and O–H groups in total. The van der Waals surface area contributed by atoms with Crippen molar-refractivity contribution in [1.29, 1.82) is 0 Å². The summed E-state index contributed by atoms with van der Waals surface area (Å²) in [5.41, 5.74) is 0.937. The van der Waals surface area contributed by atoms with E-state index in [2.05, 4.69) is 15.3 Å². The van der Waals surface area contributed by atoms with Crippen molar-refractivity contribution in [3.8, 4) is 5.88 Å². The second kappa shape index (κ2) is 5.97. The Morgan fingerprint density at radius 2 is 2.21 bits per heavy atom. The summed E-state index contributed by atoms with van der Waals surface area (Å²) in [6.45, 7) is 3.01. The minimum absolute atomic E-state index is 0.703. The molecule has 1 atom stereocenters. The van der Waals surface area contributed by atoms with E-state index in [-0.39, 0.29) is 0 Å². The van der Waals surface area contributed by atoms with Crippen LogP contribution in [0.4, 0.5) is 0 Å². The zero-order valence-corrected chi connectivity index (χ0v) is 11.0. The highest BCUT2D eigenvalue weighted by atomic mass is 16.5. The highest BCUT2D eigenvalue weighted by molar-refractivity contribution is 5.82. The van der Waals surface area contributed by atoms with Crippen molar-refractivity contribution in [2.75, 3.05) is 19.7 Å². The molecule has 0 radical (unpaired) electrons. The molecule has 2 heterocycles. The Hall–Kier alpha value is -1.68. The number of nitrogens with one attached hydrogen (secondary N) is 1. The van der Waals surface area contributed by atoms with Crippen molar-refractivity contribution >= 4 is 10.9 Å². The van der Waals surface area contributed by atoms with E-state index in [4.69, 9.17) is 4.74 Å². The van der Waals surface area contributed by atoms with Gasteiger partial charge in [0.05, 0.1) is 17.5 Å². The molecule has 3 rings (SSSR count). The van der Waals surface area contributed by atoms with Crippen molar-refractivity contribution < 1.29 is 4.74 Å². The Bertz CT molecular complexity index is 532. The molecule has 0 aliphatic carbocycles. The van der Waals surface area contributed by atoms with E-state index in [1.807, 2.05) is 24.3 Å². The molecule has 1 aromatic carbocycles. The Balaban J connectivity index is 1.62. The highest BCUT2D eigenvalue weighted by Crippen LogP contribution is 2.21. The van der Waals surface area contributed by atoms with Crippen LogP contribution in [-0.2, 0) is 0 Å². The van der Waals surface area contributed by atoms with Crippen molar-refractivity contribution in [3.05, 3.63) is 30.6 Å². The molecule has 1 fully saturated rings. The van der Waals surface area contributed by atoms with Crippen LogP contribution >= 0.6 is 0 Å². The van der Waals surface area contributed by atoms with E-state index >= 15 is 0 Å². The number of rotatable bonds is 4. The maximum absolute atomic E-state index is 5.84. The third kappa shape index (κ3) is 3.01. The first-order valence-electron chi connectivity index (χ1n) is 6.97. The second-order valence-corrected chi connectivity index (χ2v) is 5.05. The van der Waals surface area contributed by atoms with Gasteiger partial charge >= 0.3 is 0 Å². The lowest BCUT2D eigenvalue weighted by atomic mass is 9.97. The summed E-state index contributed by atoms with van der Waals surface area (Å²) in [6.07, 6.45) is 5.24. The molecule has 1 aromatic heterocycles. The van der Waals surface area contributed by atoms with Gasteiger partial charge < -0.3 is 10.1 Å². The predicted octanol–water partition coefficient (Wildman–Crippen LogP) is 2.40. The smallest absolute Gasteiger partial charge is 0.224 e. The number of aromatic nitrogens is 2. The third-order valence-electron chi connectivity index (χ3n) is 3.67. The van der Waals surface area contributed by atoms with E-state index in [9.17, 15) is 0 Å². The standard InChI is InChI=1S/C15H19N3O/c1-2-6-14-13(5-1)15(18-11-17-14)19-9-7-12-4-3-8-16-10-12/h1-2,5-6,11-12,16H,3-4,7-10H2. The van der Waals surface area contributed by atoms with Crippen LogP contribution in [0.3, 0.4) is 0 Å². The van der Waals surface area contributed by atoms with Gasteiger partial charge in [-0.05, 0) is 50.4 Å². The highest BCUT2D eigenvalue weighted by Gasteiger charge is 2.13. The molecule has 19 heavy (non-hydrogen) atoms. The summed E-state index contributed by atoms with van der Waals surface area (Å²) in [6, 6.07) is 7.96. The van der Waals surface area contributed by atoms with Gasteiger partial charge in [-0.2, -0.15) is 0 Å². The van der Waals surface area contributed by atoms with Gasteiger partial charge in [0.15, 0.2) is 0 Å². The predicted molar refractivity (Wildman–Crippen MR) is 75.2 cm³/mol. The maximum Gasteiger partial charge on any atom is 0.224 e. The fraction of sp³-hybridized carbons (Fsp3) is 0.467. The number of hydrogen-bond acceptors (Lipinski definition) is 4. The first-order valence-corrected chi connectivity index (χ1v) is 6.97. The molecule has 2 aromatic rings. The quantitative estimate of drug-likeness (QED) is 0.913. The largest absolute Gasteiger partial charge is 0.477 e. The fourth-order valence-corrected chi connectivity index (χ4v) is 2.59. The van der Waals surface area contributed by atoms with E-state index in [0.29, 0.717) is 5.88 Å². The molecule has 1 unspecified atom stereocenters. The Kier molecular flexibility index (Phi) is 3.89. The van der Waals surface area contributed by atoms with Gasteiger partial charge in [0.2, 0.25) is 5.88 Å². The van der Waals surface area contributed by atoms with Crippen molar-refractivity contribution in [2.45, 2.75) is 19.3 Å². The molecule has 1 saturated heterocycles. The summed E-state index contributed by atoms with van der Waals surface area (Å²) in [4.78, 5) is 8.48. The average molecular weight is 257 g/mol. The lowest BCUT2D eigenvalue weighted by Gasteiger charge is -2.22. The molecule has 1 aliphatic heterocycles. The monoisotopic (exact) mass is 257 g/mol. The van der Waals surface area contributed by atoms with Gasteiger partial charge in [0.25, 0.3) is 0 Å². The zero-order valence-electron chi connectivity index (χ0n) is 11.0. The molecule has 4 heteroatoms. The van der Waals surface area contributed by atoms with E-state index in [0.717, 1.165) is 42.9 Å². The van der Waals surface area contributed by atoms with Gasteiger partial charge in [-0.15, -0.1) is 0 Å². The van der Waals surface area contributed by atoms with Gasteiger partial charge in [0, 0.05) is 0 Å². The number of piperidine rings is 1. The molecule has 0 bridgehead atoms. The minimum Gasteiger partial charge on any atom is -0.477 e. The minimum atomic E-state index is 0.703. The molecule has 1 aliphatic rings. The molecule has 0 saturated carbocycles. The summed E-state index contributed by atoms with van der Waals surface area (Å²) >= 11 is 0. The van der Waals surface area contributed by atoms with Gasteiger partial charge in [-0.1, -0.05) is 12.1 Å². The van der Waals surface area contributed by atoms with Crippen LogP contribution < -0.4 is 10.1 Å². The van der Waals surface area contributed by atoms with Crippen LogP contribution in [0, 0.1) is 5.92 Å². The van der Waals surface area contributed by atoms with Gasteiger partial charge in [-0.25, -0.2) is 9.97 Å². The van der Waals surface area contributed by atoms with Crippen LogP contribution in [0.5, 0.6) is 5.88 Å². The normalized spacial score (nSPS) is 19.5. The van der Waals surface area contributed by atoms with E-state index in [1.54, 1.807) is 6.33 Å². The molecular weight excluding hydrogens is 238 g/mol. The van der Waals surface area contributed by atoms with Crippen LogP contribution in [0.2, 0.25) is 0 Å². The molecule has 0 spiro atoms. The number of hydrogen-bond donors (Lipinski definition) is 1. The summed E-state index contributed by atoms with van der Waals surface area (Å²) < 4.78 is 5.84. The van der Waals surface area contributed by atoms with E-state index in [1.165, 1.54) is 12.8 Å². The average Bonchev–Trinajstić information content (AvgIpc) is 2.49. The summed E-state index contributed by atoms with van der Waals surface area (Å²) in [5.74, 6) is 1.44. The summed E-state index contributed by atoms with van der Waals surface area (Å²) in [5, 5.41) is 4.42. The van der Waals surface area contributed by atoms with Crippen LogP contribution in [-0.4, -0.2) is 29.7 Å². The lowest BCUT2D eigenvalue weighted by Crippen LogP contribution is -2.30. The van der Waals surface area contributed by atoms with Crippen LogP contribution in [0.1, 0.15) is 19.3 Å². The fourth-order valence-electron chi connectivity index (χ4n) is 2.59. The number of nitrogens with zero attached hydrogens (tertiary/aromatic N) is 2. The molecule has 100 valence electrons. The van der Waals surface area contributed by atoms with Gasteiger partial charge in [-0.3, -0.25) is 0 Å². The van der Waals surface area contributed by atoms with Crippen LogP contribution in [0.15, 0.2) is 30.6 Å². The van der Waals surface area contributed by atoms with Crippen LogP contribution in [0.25, 0.3) is 10.9 Å². The second-order valence-electron chi connectivity index (χ2n) is 5.05. The van der Waals surface area contributed by atoms with Gasteiger partial charge in [0.1, 0.15) is 6.33 Å². The Morgan fingerprint density at radius 1 is 1.26 bits per heavy atom. The Labute approximate surface area is 113 Å².